The molecule has 0 saturated heterocycles. The van der Waals surface area contributed by atoms with Crippen LogP contribution in [0.15, 0.2) is 46.5 Å². The number of carbonyl (C=O) groups is 2. The predicted octanol–water partition coefficient (Wildman–Crippen LogP) is 3.21. The third-order valence-electron chi connectivity index (χ3n) is 12.0. The van der Waals surface area contributed by atoms with Gasteiger partial charge in [-0.2, -0.15) is 0 Å². The Labute approximate surface area is 383 Å². The van der Waals surface area contributed by atoms with E-state index in [0.29, 0.717) is 82.8 Å². The zero-order chi connectivity index (χ0) is 48.2. The highest BCUT2D eigenvalue weighted by Gasteiger charge is 2.37. The van der Waals surface area contributed by atoms with Crippen LogP contribution in [-0.2, 0) is 46.0 Å². The number of rotatable bonds is 10. The summed E-state index contributed by atoms with van der Waals surface area (Å²) in [6, 6.07) is 6.21. The number of hydrogen-bond acceptors (Lipinski definition) is 16. The molecule has 0 spiro atoms. The van der Waals surface area contributed by atoms with E-state index in [2.05, 4.69) is 68.1 Å². The Morgan fingerprint density at radius 2 is 1.00 bits per heavy atom. The van der Waals surface area contributed by atoms with Crippen molar-refractivity contribution in [2.24, 2.45) is 11.8 Å². The molecule has 4 aromatic heterocycles. The van der Waals surface area contributed by atoms with Crippen molar-refractivity contribution in [3.63, 3.8) is 0 Å². The van der Waals surface area contributed by atoms with Crippen molar-refractivity contribution in [2.45, 2.75) is 89.7 Å². The first-order valence-electron chi connectivity index (χ1n) is 21.5. The first-order valence-corrected chi connectivity index (χ1v) is 25.2. The summed E-state index contributed by atoms with van der Waals surface area (Å²) in [5, 5.41) is 24.6. The van der Waals surface area contributed by atoms with E-state index in [1.807, 2.05) is 9.13 Å². The third kappa shape index (κ3) is 8.81. The van der Waals surface area contributed by atoms with Crippen molar-refractivity contribution in [1.82, 2.24) is 49.7 Å². The number of amides is 2. The van der Waals surface area contributed by atoms with Crippen molar-refractivity contribution in [2.75, 3.05) is 49.5 Å². The molecule has 0 aliphatic carbocycles. The standard InChI is InChI=1S/2C22H28N6O4S/c2*1-12(2)19-20-26-16-8-14(11-29)18(33(5,31)32)9-17(16)27(20)6-7-28(19)22-24-10-15(13(3)25-22)21(30)23-4/h2*8-10,12,19,29H,6-7,11H2,1-5H3,(H,23,30)/t2*19-/m10/s1. The second-order valence-electron chi connectivity index (χ2n) is 17.3. The zero-order valence-corrected chi connectivity index (χ0v) is 40.3. The lowest BCUT2D eigenvalue weighted by Crippen LogP contribution is -2.42. The summed E-state index contributed by atoms with van der Waals surface area (Å²) in [6.45, 7) is 13.4. The number of benzene rings is 2. The number of sulfone groups is 2. The highest BCUT2D eigenvalue weighted by molar-refractivity contribution is 7.91. The fraction of sp³-hybridized carbons (Fsp3) is 0.455. The number of aliphatic hydroxyl groups excluding tert-OH is 2. The Morgan fingerprint density at radius 3 is 1.29 bits per heavy atom. The van der Waals surface area contributed by atoms with E-state index in [1.54, 1.807) is 52.2 Å². The van der Waals surface area contributed by atoms with E-state index in [1.165, 1.54) is 12.4 Å². The molecule has 2 amide bonds. The molecule has 2 aromatic carbocycles. The minimum atomic E-state index is -3.51. The zero-order valence-electron chi connectivity index (χ0n) is 38.6. The summed E-state index contributed by atoms with van der Waals surface area (Å²) in [7, 11) is -3.88. The molecule has 2 aliphatic heterocycles. The average molecular weight is 945 g/mol. The van der Waals surface area contributed by atoms with E-state index in [9.17, 15) is 36.6 Å². The lowest BCUT2D eigenvalue weighted by atomic mass is 10.00. The summed E-state index contributed by atoms with van der Waals surface area (Å²) in [5.41, 5.74) is 5.43. The molecule has 0 fully saturated rings. The molecule has 2 atom stereocenters. The van der Waals surface area contributed by atoms with Gasteiger partial charge in [0.1, 0.15) is 11.6 Å². The molecule has 4 N–H and O–H groups in total. The minimum Gasteiger partial charge on any atom is -0.392 e. The predicted molar refractivity (Wildman–Crippen MR) is 248 cm³/mol. The number of aryl methyl sites for hydroxylation is 2. The smallest absolute Gasteiger partial charge is 0.254 e. The fourth-order valence-electron chi connectivity index (χ4n) is 8.93. The molecule has 6 aromatic rings. The fourth-order valence-corrected chi connectivity index (χ4v) is 10.8. The quantitative estimate of drug-likeness (QED) is 0.154. The molecule has 8 rings (SSSR count). The molecule has 0 saturated carbocycles. The molecule has 22 heteroatoms. The number of nitrogens with one attached hydrogen (secondary N) is 2. The topological polar surface area (TPSA) is 261 Å². The summed E-state index contributed by atoms with van der Waals surface area (Å²) in [5.74, 6) is 2.44. The number of hydrogen-bond donors (Lipinski definition) is 4. The van der Waals surface area contributed by atoms with Crippen LogP contribution in [0.1, 0.15) is 94.7 Å². The molecule has 2 aliphatic rings. The first kappa shape index (κ1) is 47.9. The SMILES string of the molecule is CNC(=O)c1cnc(N2CCn3c(nc4cc(CO)c(S(C)(=O)=O)cc43)[C@@H]2C(C)C)nc1C.CNC(=O)c1cnc(N2CCn3c(nc4cc(CO)c(S(C)(=O)=O)cc43)[C@H]2C(C)C)nc1C. The number of aliphatic hydroxyl groups is 2. The lowest BCUT2D eigenvalue weighted by Gasteiger charge is -2.38. The molecule has 0 unspecified atom stereocenters. The minimum absolute atomic E-state index is 0.118. The van der Waals surface area contributed by atoms with E-state index in [0.717, 1.165) is 35.2 Å². The van der Waals surface area contributed by atoms with Crippen LogP contribution in [0.5, 0.6) is 0 Å². The van der Waals surface area contributed by atoms with Crippen LogP contribution in [-0.4, -0.2) is 118 Å². The van der Waals surface area contributed by atoms with Gasteiger partial charge in [-0.1, -0.05) is 27.7 Å². The van der Waals surface area contributed by atoms with Crippen LogP contribution in [0.4, 0.5) is 11.9 Å². The van der Waals surface area contributed by atoms with Gasteiger partial charge in [-0.05, 0) is 61.1 Å². The Hall–Kier alpha value is -6.10. The highest BCUT2D eigenvalue weighted by Crippen LogP contribution is 2.39. The van der Waals surface area contributed by atoms with Gasteiger partial charge in [0.05, 0.1) is 79.7 Å². The van der Waals surface area contributed by atoms with Crippen LogP contribution < -0.4 is 20.4 Å². The molecule has 20 nitrogen and oxygen atoms in total. The summed E-state index contributed by atoms with van der Waals surface area (Å²) < 4.78 is 53.2. The molecule has 352 valence electrons. The van der Waals surface area contributed by atoms with E-state index < -0.39 is 19.7 Å². The van der Waals surface area contributed by atoms with Gasteiger partial charge in [0.25, 0.3) is 11.8 Å². The molecule has 0 bridgehead atoms. The van der Waals surface area contributed by atoms with E-state index in [4.69, 9.17) is 9.97 Å². The largest absolute Gasteiger partial charge is 0.392 e. The van der Waals surface area contributed by atoms with Gasteiger partial charge in [-0.15, -0.1) is 0 Å². The number of anilines is 2. The van der Waals surface area contributed by atoms with Crippen molar-refractivity contribution in [3.8, 4) is 0 Å². The summed E-state index contributed by atoms with van der Waals surface area (Å²) >= 11 is 0. The number of aromatic nitrogens is 8. The molecular weight excluding hydrogens is 889 g/mol. The maximum absolute atomic E-state index is 12.3. The van der Waals surface area contributed by atoms with Gasteiger partial charge in [-0.3, -0.25) is 9.59 Å². The molecular formula is C44H56N12O8S2. The van der Waals surface area contributed by atoms with Crippen LogP contribution >= 0.6 is 0 Å². The molecule has 66 heavy (non-hydrogen) atoms. The van der Waals surface area contributed by atoms with Gasteiger partial charge in [0, 0.05) is 65.2 Å². The van der Waals surface area contributed by atoms with Crippen molar-refractivity contribution < 1.29 is 36.6 Å². The number of carbonyl (C=O) groups excluding carboxylic acids is 2. The van der Waals surface area contributed by atoms with Gasteiger partial charge in [0.2, 0.25) is 11.9 Å². The number of nitrogens with zero attached hydrogens (tertiary/aromatic N) is 10. The van der Waals surface area contributed by atoms with Crippen LogP contribution in [0, 0.1) is 25.7 Å². The van der Waals surface area contributed by atoms with Crippen molar-refractivity contribution >= 4 is 65.5 Å². The van der Waals surface area contributed by atoms with Crippen molar-refractivity contribution in [1.29, 1.82) is 0 Å². The van der Waals surface area contributed by atoms with Gasteiger partial charge >= 0.3 is 0 Å². The second kappa shape index (κ2) is 18.3. The third-order valence-corrected chi connectivity index (χ3v) is 14.4. The molecule has 0 radical (unpaired) electrons. The average Bonchev–Trinajstić information content (AvgIpc) is 3.83. The van der Waals surface area contributed by atoms with Crippen LogP contribution in [0.2, 0.25) is 0 Å². The van der Waals surface area contributed by atoms with Crippen LogP contribution in [0.3, 0.4) is 0 Å². The van der Waals surface area contributed by atoms with Gasteiger partial charge < -0.3 is 39.8 Å². The Morgan fingerprint density at radius 1 is 0.636 bits per heavy atom. The Balaban J connectivity index is 0.000000196. The number of fused-ring (bicyclic) bond motifs is 6. The Bertz CT molecular complexity index is 2900. The maximum atomic E-state index is 12.3. The van der Waals surface area contributed by atoms with E-state index >= 15 is 0 Å². The highest BCUT2D eigenvalue weighted by atomic mass is 32.2. The lowest BCUT2D eigenvalue weighted by molar-refractivity contribution is 0.0953. The van der Waals surface area contributed by atoms with Gasteiger partial charge in [0.15, 0.2) is 19.7 Å². The van der Waals surface area contributed by atoms with E-state index in [-0.39, 0.29) is 58.7 Å². The summed E-state index contributed by atoms with van der Waals surface area (Å²) in [6.07, 6.45) is 5.36. The van der Waals surface area contributed by atoms with Gasteiger partial charge in [-0.25, -0.2) is 46.7 Å². The molecule has 6 heterocycles. The van der Waals surface area contributed by atoms with Crippen LogP contribution in [0.25, 0.3) is 22.1 Å². The first-order chi connectivity index (χ1) is 31.1. The summed E-state index contributed by atoms with van der Waals surface area (Å²) in [4.78, 5) is 56.3. The number of imidazole rings is 2. The van der Waals surface area contributed by atoms with Crippen molar-refractivity contribution in [3.05, 3.63) is 81.9 Å². The second-order valence-corrected chi connectivity index (χ2v) is 21.2. The Kier molecular flexibility index (Phi) is 13.3. The normalized spacial score (nSPS) is 16.3. The monoisotopic (exact) mass is 944 g/mol. The maximum Gasteiger partial charge on any atom is 0.254 e.